The first-order valence-corrected chi connectivity index (χ1v) is 22.3. The molecule has 0 atom stereocenters. The molecule has 0 bridgehead atoms. The zero-order valence-corrected chi connectivity index (χ0v) is 39.3. The summed E-state index contributed by atoms with van der Waals surface area (Å²) < 4.78 is 11.3. The van der Waals surface area contributed by atoms with E-state index in [4.69, 9.17) is 9.47 Å². The van der Waals surface area contributed by atoms with Crippen LogP contribution >= 0.6 is 0 Å². The highest BCUT2D eigenvalue weighted by molar-refractivity contribution is 6.09. The number of nitrogens with one attached hydrogen (secondary N) is 3. The third-order valence-corrected chi connectivity index (χ3v) is 12.1. The van der Waals surface area contributed by atoms with E-state index in [0.29, 0.717) is 48.4 Å². The number of hydrogen-bond acceptors (Lipinski definition) is 6. The Hall–Kier alpha value is -6.42. The fourth-order valence-electron chi connectivity index (χ4n) is 8.77. The van der Waals surface area contributed by atoms with Gasteiger partial charge in [0.2, 0.25) is 0 Å². The van der Waals surface area contributed by atoms with Crippen LogP contribution in [-0.2, 0) is 21.5 Å². The van der Waals surface area contributed by atoms with Crippen LogP contribution in [0.2, 0.25) is 0 Å². The number of para-hydroxylation sites is 1. The number of aryl methyl sites for hydroxylation is 4. The standard InChI is InChI=1S/C54H64N4O6/c1-33(2)44-21-16-22-45(34(3)4)48(44)56-50(60)41-20-15-19-40(31-41)49(59)55-46-35(5)27-42(28-36(46)6)54(23-25-58(26-24-54)52(62)63-32-39-17-13-12-14-18-39)43-29-37(7)47(38(8)30-43)57-51(61)64-53(9,10)11/h12-22,27-31,33-34H,23-26,32H2,1-11H3,(H,55,59)(H,56,60)(H,57,61). The third kappa shape index (κ3) is 10.8. The van der Waals surface area contributed by atoms with Gasteiger partial charge in [-0.15, -0.1) is 0 Å². The lowest BCUT2D eigenvalue weighted by Crippen LogP contribution is -2.46. The lowest BCUT2D eigenvalue weighted by molar-refractivity contribution is 0.0635. The maximum absolute atomic E-state index is 14.0. The maximum Gasteiger partial charge on any atom is 0.412 e. The van der Waals surface area contributed by atoms with Gasteiger partial charge in [0.15, 0.2) is 0 Å². The zero-order valence-electron chi connectivity index (χ0n) is 39.3. The summed E-state index contributed by atoms with van der Waals surface area (Å²) in [7, 11) is 0. The molecule has 0 spiro atoms. The molecule has 0 unspecified atom stereocenters. The molecule has 1 saturated heterocycles. The second kappa shape index (κ2) is 19.5. The van der Waals surface area contributed by atoms with Crippen molar-refractivity contribution in [3.05, 3.63) is 158 Å². The molecule has 336 valence electrons. The van der Waals surface area contributed by atoms with Gasteiger partial charge in [-0.2, -0.15) is 0 Å². The number of ether oxygens (including phenoxy) is 2. The van der Waals surface area contributed by atoms with E-state index in [9.17, 15) is 19.2 Å². The molecule has 1 heterocycles. The van der Waals surface area contributed by atoms with Gasteiger partial charge in [-0.25, -0.2) is 9.59 Å². The largest absolute Gasteiger partial charge is 0.445 e. The lowest BCUT2D eigenvalue weighted by atomic mass is 9.67. The van der Waals surface area contributed by atoms with Crippen LogP contribution < -0.4 is 16.0 Å². The molecule has 1 aliphatic rings. The summed E-state index contributed by atoms with van der Waals surface area (Å²) in [4.78, 5) is 55.8. The predicted molar refractivity (Wildman–Crippen MR) is 257 cm³/mol. The van der Waals surface area contributed by atoms with Gasteiger partial charge < -0.3 is 25.0 Å². The molecule has 10 heteroatoms. The molecule has 4 amide bonds. The first-order valence-electron chi connectivity index (χ1n) is 22.3. The molecule has 0 saturated carbocycles. The highest BCUT2D eigenvalue weighted by Crippen LogP contribution is 2.45. The van der Waals surface area contributed by atoms with Crippen LogP contribution in [0.5, 0.6) is 0 Å². The van der Waals surface area contributed by atoms with Crippen LogP contribution in [-0.4, -0.2) is 47.6 Å². The van der Waals surface area contributed by atoms with Crippen molar-refractivity contribution in [2.45, 2.75) is 118 Å². The number of benzene rings is 5. The van der Waals surface area contributed by atoms with Crippen LogP contribution in [0.4, 0.5) is 26.7 Å². The first kappa shape index (κ1) is 47.1. The van der Waals surface area contributed by atoms with Crippen LogP contribution in [0.25, 0.3) is 0 Å². The van der Waals surface area contributed by atoms with Gasteiger partial charge in [0.25, 0.3) is 11.8 Å². The van der Waals surface area contributed by atoms with Crippen molar-refractivity contribution in [3.8, 4) is 0 Å². The fraction of sp³-hybridized carbons (Fsp3) is 0.370. The van der Waals surface area contributed by atoms with E-state index in [0.717, 1.165) is 55.8 Å². The Morgan fingerprint density at radius 2 is 1.06 bits per heavy atom. The number of amides is 4. The van der Waals surface area contributed by atoms with Crippen LogP contribution in [0.1, 0.15) is 144 Å². The Balaban J connectivity index is 1.28. The summed E-state index contributed by atoms with van der Waals surface area (Å²) in [6.07, 6.45) is 0.361. The summed E-state index contributed by atoms with van der Waals surface area (Å²) in [5, 5.41) is 9.29. The van der Waals surface area contributed by atoms with Crippen LogP contribution in [0.15, 0.2) is 97.1 Å². The molecular weight excluding hydrogens is 801 g/mol. The molecule has 0 radical (unpaired) electrons. The summed E-state index contributed by atoms with van der Waals surface area (Å²) >= 11 is 0. The van der Waals surface area contributed by atoms with Gasteiger partial charge in [0.1, 0.15) is 12.2 Å². The van der Waals surface area contributed by atoms with Gasteiger partial charge in [0.05, 0.1) is 0 Å². The summed E-state index contributed by atoms with van der Waals surface area (Å²) in [6.45, 7) is 23.0. The Morgan fingerprint density at radius 1 is 0.609 bits per heavy atom. The molecule has 5 aromatic carbocycles. The smallest absolute Gasteiger partial charge is 0.412 e. The Bertz CT molecular complexity index is 2460. The predicted octanol–water partition coefficient (Wildman–Crippen LogP) is 12.7. The zero-order chi connectivity index (χ0) is 46.5. The molecule has 5 aromatic rings. The van der Waals surface area contributed by atoms with E-state index >= 15 is 0 Å². The van der Waals surface area contributed by atoms with Gasteiger partial charge in [-0.1, -0.05) is 107 Å². The van der Waals surface area contributed by atoms with Crippen molar-refractivity contribution in [2.24, 2.45) is 0 Å². The lowest BCUT2D eigenvalue weighted by Gasteiger charge is -2.43. The minimum atomic E-state index is -0.646. The van der Waals surface area contributed by atoms with Crippen LogP contribution in [0, 0.1) is 27.7 Å². The number of nitrogens with zero attached hydrogens (tertiary/aromatic N) is 1. The van der Waals surface area contributed by atoms with E-state index in [2.05, 4.69) is 67.9 Å². The number of hydrogen-bond donors (Lipinski definition) is 3. The number of rotatable bonds is 11. The fourth-order valence-corrected chi connectivity index (χ4v) is 8.77. The molecular formula is C54H64N4O6. The third-order valence-electron chi connectivity index (χ3n) is 12.1. The van der Waals surface area contributed by atoms with Crippen molar-refractivity contribution < 1.29 is 28.7 Å². The summed E-state index contributed by atoms with van der Waals surface area (Å²) in [6, 6.07) is 31.1. The number of carbonyl (C=O) groups excluding carboxylic acids is 4. The van der Waals surface area contributed by atoms with Crippen LogP contribution in [0.3, 0.4) is 0 Å². The van der Waals surface area contributed by atoms with Crippen molar-refractivity contribution in [1.82, 2.24) is 4.90 Å². The van der Waals surface area contributed by atoms with Crippen molar-refractivity contribution >= 4 is 41.1 Å². The van der Waals surface area contributed by atoms with E-state index in [1.54, 1.807) is 29.2 Å². The molecule has 0 aromatic heterocycles. The maximum atomic E-state index is 14.0. The SMILES string of the molecule is Cc1cc(C2(c3cc(C)c(NC(=O)c4cccc(C(=O)Nc5c(C(C)C)cccc5C(C)C)c4)c(C)c3)CCN(C(=O)OCc3ccccc3)CC2)cc(C)c1NC(=O)OC(C)(C)C. The summed E-state index contributed by atoms with van der Waals surface area (Å²) in [5.41, 5.74) is 10.5. The monoisotopic (exact) mass is 864 g/mol. The molecule has 64 heavy (non-hydrogen) atoms. The molecule has 6 rings (SSSR count). The van der Waals surface area contributed by atoms with Gasteiger partial charge in [-0.05, 0) is 141 Å². The van der Waals surface area contributed by atoms with Gasteiger partial charge >= 0.3 is 12.2 Å². The van der Waals surface area contributed by atoms with E-state index in [1.807, 2.05) is 97.0 Å². The Kier molecular flexibility index (Phi) is 14.4. The molecule has 10 nitrogen and oxygen atoms in total. The number of piperidine rings is 1. The molecule has 0 aliphatic carbocycles. The van der Waals surface area contributed by atoms with Gasteiger partial charge in [0, 0.05) is 46.7 Å². The average Bonchev–Trinajstić information content (AvgIpc) is 3.24. The highest BCUT2D eigenvalue weighted by atomic mass is 16.6. The minimum absolute atomic E-state index is 0.195. The van der Waals surface area contributed by atoms with Crippen molar-refractivity contribution in [3.63, 3.8) is 0 Å². The molecule has 1 aliphatic heterocycles. The Morgan fingerprint density at radius 3 is 1.53 bits per heavy atom. The highest BCUT2D eigenvalue weighted by Gasteiger charge is 2.40. The van der Waals surface area contributed by atoms with E-state index in [1.165, 1.54) is 0 Å². The van der Waals surface area contributed by atoms with E-state index in [-0.39, 0.29) is 36.4 Å². The second-order valence-corrected chi connectivity index (χ2v) is 18.8. The number of carbonyl (C=O) groups is 4. The number of anilines is 3. The number of likely N-dealkylation sites (tertiary alicyclic amines) is 1. The van der Waals surface area contributed by atoms with Gasteiger partial charge in [-0.3, -0.25) is 14.9 Å². The molecule has 1 fully saturated rings. The first-order chi connectivity index (χ1) is 30.3. The minimum Gasteiger partial charge on any atom is -0.445 e. The topological polar surface area (TPSA) is 126 Å². The van der Waals surface area contributed by atoms with Crippen molar-refractivity contribution in [2.75, 3.05) is 29.0 Å². The summed E-state index contributed by atoms with van der Waals surface area (Å²) in [5.74, 6) is -0.179. The second-order valence-electron chi connectivity index (χ2n) is 18.8. The normalized spacial score (nSPS) is 13.7. The van der Waals surface area contributed by atoms with Crippen molar-refractivity contribution in [1.29, 1.82) is 0 Å². The van der Waals surface area contributed by atoms with E-state index < -0.39 is 17.1 Å². The average molecular weight is 865 g/mol. The Labute approximate surface area is 379 Å². The quantitative estimate of drug-likeness (QED) is 0.121. The molecule has 3 N–H and O–H groups in total.